The second kappa shape index (κ2) is 9.63. The molecule has 0 radical (unpaired) electrons. The van der Waals surface area contributed by atoms with E-state index in [1.807, 2.05) is 55.5 Å². The van der Waals surface area contributed by atoms with Gasteiger partial charge in [-0.1, -0.05) is 23.9 Å². The lowest BCUT2D eigenvalue weighted by Crippen LogP contribution is -2.36. The number of nitrogens with zero attached hydrogens (tertiary/aromatic N) is 3. The maximum Gasteiger partial charge on any atom is 0.277 e. The first kappa shape index (κ1) is 20.9. The van der Waals surface area contributed by atoms with Gasteiger partial charge in [0.1, 0.15) is 0 Å². The van der Waals surface area contributed by atoms with E-state index in [2.05, 4.69) is 36.3 Å². The van der Waals surface area contributed by atoms with Crippen molar-refractivity contribution in [1.82, 2.24) is 10.2 Å². The Hall–Kier alpha value is -2.36. The normalized spacial score (nSPS) is 15.1. The number of morpholine rings is 1. The van der Waals surface area contributed by atoms with Crippen LogP contribution in [0.1, 0.15) is 6.92 Å². The van der Waals surface area contributed by atoms with Crippen LogP contribution < -0.4 is 10.2 Å². The Labute approximate surface area is 187 Å². The highest BCUT2D eigenvalue weighted by Crippen LogP contribution is 2.30. The topological polar surface area (TPSA) is 80.5 Å². The predicted molar refractivity (Wildman–Crippen MR) is 121 cm³/mol. The lowest BCUT2D eigenvalue weighted by atomic mass is 10.2. The monoisotopic (exact) mass is 488 g/mol. The van der Waals surface area contributed by atoms with Crippen LogP contribution in [0.15, 0.2) is 62.6 Å². The van der Waals surface area contributed by atoms with E-state index in [9.17, 15) is 4.79 Å². The van der Waals surface area contributed by atoms with Gasteiger partial charge in [-0.2, -0.15) is 0 Å². The Morgan fingerprint density at radius 1 is 1.13 bits per heavy atom. The number of nitrogens with one attached hydrogen (secondary N) is 1. The van der Waals surface area contributed by atoms with E-state index >= 15 is 0 Å². The molecule has 1 aromatic heterocycles. The van der Waals surface area contributed by atoms with E-state index in [0.29, 0.717) is 11.1 Å². The molecule has 9 heteroatoms. The molecule has 1 aliphatic rings. The number of anilines is 2. The number of thioether (sulfide) groups is 1. The summed E-state index contributed by atoms with van der Waals surface area (Å²) in [6.07, 6.45) is 0. The number of carbonyl (C=O) groups excluding carboxylic acids is 1. The SMILES string of the molecule is CC(Sc1nnc(-c2ccccc2Br)o1)C(=O)Nc1ccc(N2CCOCC2)cc1. The minimum atomic E-state index is -0.392. The van der Waals surface area contributed by atoms with Crippen LogP contribution in [0.4, 0.5) is 11.4 Å². The molecule has 0 aliphatic carbocycles. The Bertz CT molecular complexity index is 1010. The lowest BCUT2D eigenvalue weighted by molar-refractivity contribution is -0.115. The Morgan fingerprint density at radius 3 is 2.60 bits per heavy atom. The molecule has 1 unspecified atom stereocenters. The van der Waals surface area contributed by atoms with Crippen molar-refractivity contribution in [3.05, 3.63) is 53.0 Å². The molecule has 3 aromatic rings. The van der Waals surface area contributed by atoms with Gasteiger partial charge in [-0.25, -0.2) is 0 Å². The van der Waals surface area contributed by atoms with Crippen molar-refractivity contribution in [2.24, 2.45) is 0 Å². The molecule has 1 atom stereocenters. The number of carbonyl (C=O) groups is 1. The van der Waals surface area contributed by atoms with Crippen LogP contribution >= 0.6 is 27.7 Å². The van der Waals surface area contributed by atoms with Crippen molar-refractivity contribution in [2.75, 3.05) is 36.5 Å². The standard InChI is InChI=1S/C21H21BrN4O3S/c1-14(30-21-25-24-20(29-21)17-4-2-3-5-18(17)22)19(27)23-15-6-8-16(9-7-15)26-10-12-28-13-11-26/h2-9,14H,10-13H2,1H3,(H,23,27). The van der Waals surface area contributed by atoms with E-state index in [-0.39, 0.29) is 5.91 Å². The average molecular weight is 489 g/mol. The number of ether oxygens (including phenoxy) is 1. The van der Waals surface area contributed by atoms with Gasteiger partial charge in [-0.15, -0.1) is 10.2 Å². The number of hydrogen-bond acceptors (Lipinski definition) is 7. The molecular weight excluding hydrogens is 468 g/mol. The molecule has 4 rings (SSSR count). The zero-order chi connectivity index (χ0) is 20.9. The zero-order valence-corrected chi connectivity index (χ0v) is 18.8. The molecule has 30 heavy (non-hydrogen) atoms. The number of aromatic nitrogens is 2. The third-order valence-corrected chi connectivity index (χ3v) is 6.29. The fraction of sp³-hybridized carbons (Fsp3) is 0.286. The maximum absolute atomic E-state index is 12.6. The van der Waals surface area contributed by atoms with Gasteiger partial charge < -0.3 is 19.4 Å². The fourth-order valence-electron chi connectivity index (χ4n) is 3.03. The number of amides is 1. The molecule has 0 saturated carbocycles. The molecule has 156 valence electrons. The van der Waals surface area contributed by atoms with E-state index in [1.54, 1.807) is 0 Å². The van der Waals surface area contributed by atoms with Crippen molar-refractivity contribution in [1.29, 1.82) is 0 Å². The summed E-state index contributed by atoms with van der Waals surface area (Å²) >= 11 is 4.70. The summed E-state index contributed by atoms with van der Waals surface area (Å²) in [6.45, 7) is 5.05. The molecule has 1 fully saturated rings. The van der Waals surface area contributed by atoms with Crippen LogP contribution in [-0.2, 0) is 9.53 Å². The van der Waals surface area contributed by atoms with Gasteiger partial charge in [0.05, 0.1) is 24.0 Å². The van der Waals surface area contributed by atoms with E-state index in [1.165, 1.54) is 11.8 Å². The quantitative estimate of drug-likeness (QED) is 0.513. The van der Waals surface area contributed by atoms with Crippen LogP contribution in [0.5, 0.6) is 0 Å². The lowest BCUT2D eigenvalue weighted by Gasteiger charge is -2.28. The smallest absolute Gasteiger partial charge is 0.277 e. The van der Waals surface area contributed by atoms with Gasteiger partial charge in [-0.3, -0.25) is 4.79 Å². The third-order valence-electron chi connectivity index (χ3n) is 4.67. The molecule has 7 nitrogen and oxygen atoms in total. The highest BCUT2D eigenvalue weighted by atomic mass is 79.9. The zero-order valence-electron chi connectivity index (χ0n) is 16.4. The first-order valence-electron chi connectivity index (χ1n) is 9.59. The highest BCUT2D eigenvalue weighted by molar-refractivity contribution is 9.10. The number of benzene rings is 2. The molecule has 1 aliphatic heterocycles. The average Bonchev–Trinajstić information content (AvgIpc) is 3.23. The van der Waals surface area contributed by atoms with Crippen molar-refractivity contribution in [3.8, 4) is 11.5 Å². The molecule has 0 spiro atoms. The molecule has 0 bridgehead atoms. The van der Waals surface area contributed by atoms with Crippen LogP contribution in [0, 0.1) is 0 Å². The highest BCUT2D eigenvalue weighted by Gasteiger charge is 2.20. The van der Waals surface area contributed by atoms with Gasteiger partial charge in [0, 0.05) is 28.9 Å². The summed E-state index contributed by atoms with van der Waals surface area (Å²) in [5, 5.41) is 11.0. The van der Waals surface area contributed by atoms with Crippen LogP contribution in [-0.4, -0.2) is 47.7 Å². The summed E-state index contributed by atoms with van der Waals surface area (Å²) < 4.78 is 12.0. The van der Waals surface area contributed by atoms with Gasteiger partial charge in [0.15, 0.2) is 0 Å². The van der Waals surface area contributed by atoms with Crippen molar-refractivity contribution < 1.29 is 13.9 Å². The molecule has 1 amide bonds. The van der Waals surface area contributed by atoms with Gasteiger partial charge in [0.2, 0.25) is 11.8 Å². The van der Waals surface area contributed by atoms with Crippen LogP contribution in [0.3, 0.4) is 0 Å². The molecule has 2 heterocycles. The van der Waals surface area contributed by atoms with E-state index in [0.717, 1.165) is 47.7 Å². The summed E-state index contributed by atoms with van der Waals surface area (Å²) in [4.78, 5) is 14.8. The van der Waals surface area contributed by atoms with E-state index < -0.39 is 5.25 Å². The first-order chi connectivity index (χ1) is 14.6. The van der Waals surface area contributed by atoms with Crippen molar-refractivity contribution in [2.45, 2.75) is 17.4 Å². The minimum Gasteiger partial charge on any atom is -0.411 e. The van der Waals surface area contributed by atoms with Gasteiger partial charge in [-0.05, 0) is 59.3 Å². The number of hydrogen-bond donors (Lipinski definition) is 1. The summed E-state index contributed by atoms with van der Waals surface area (Å²) in [5.41, 5.74) is 2.70. The van der Waals surface area contributed by atoms with Crippen molar-refractivity contribution >= 4 is 45.0 Å². The molecule has 1 N–H and O–H groups in total. The largest absolute Gasteiger partial charge is 0.411 e. The Balaban J connectivity index is 1.34. The second-order valence-electron chi connectivity index (χ2n) is 6.75. The van der Waals surface area contributed by atoms with Gasteiger partial charge in [0.25, 0.3) is 5.22 Å². The number of halogens is 1. The van der Waals surface area contributed by atoms with Crippen molar-refractivity contribution in [3.63, 3.8) is 0 Å². The second-order valence-corrected chi connectivity index (χ2v) is 8.89. The Kier molecular flexibility index (Phi) is 6.71. The predicted octanol–water partition coefficient (Wildman–Crippen LogP) is 4.46. The maximum atomic E-state index is 12.6. The minimum absolute atomic E-state index is 0.125. The fourth-order valence-corrected chi connectivity index (χ4v) is 4.16. The summed E-state index contributed by atoms with van der Waals surface area (Å²) in [7, 11) is 0. The molecule has 2 aromatic carbocycles. The van der Waals surface area contributed by atoms with E-state index in [4.69, 9.17) is 9.15 Å². The number of rotatable bonds is 6. The Morgan fingerprint density at radius 2 is 1.87 bits per heavy atom. The third kappa shape index (κ3) is 5.03. The molecular formula is C21H21BrN4O3S. The first-order valence-corrected chi connectivity index (χ1v) is 11.3. The van der Waals surface area contributed by atoms with Gasteiger partial charge >= 0.3 is 0 Å². The van der Waals surface area contributed by atoms with Crippen LogP contribution in [0.2, 0.25) is 0 Å². The summed E-state index contributed by atoms with van der Waals surface area (Å²) in [5.74, 6) is 0.288. The molecule has 1 saturated heterocycles. The summed E-state index contributed by atoms with van der Waals surface area (Å²) in [6, 6.07) is 15.5. The van der Waals surface area contributed by atoms with Crippen LogP contribution in [0.25, 0.3) is 11.5 Å².